The minimum Gasteiger partial charge on any atom is -0.508 e. The van der Waals surface area contributed by atoms with Gasteiger partial charge in [-0.25, -0.2) is 0 Å². The molecule has 0 bridgehead atoms. The maximum atomic E-state index is 14.6. The Morgan fingerprint density at radius 1 is 0.525 bits per heavy atom. The summed E-state index contributed by atoms with van der Waals surface area (Å²) in [6.45, 7) is 0. The maximum absolute atomic E-state index is 14.6. The van der Waals surface area contributed by atoms with Gasteiger partial charge in [0, 0.05) is 45.5 Å². The van der Waals surface area contributed by atoms with Crippen molar-refractivity contribution in [1.29, 1.82) is 0 Å². The predicted octanol–water partition coefficient (Wildman–Crippen LogP) is 9.40. The Balaban J connectivity index is 0.974. The third-order valence-electron chi connectivity index (χ3n) is 12.4. The Kier molecular flexibility index (Phi) is 10.1. The molecule has 2 aliphatic carbocycles. The van der Waals surface area contributed by atoms with Gasteiger partial charge in [0.2, 0.25) is 23.6 Å². The molecule has 13 nitrogen and oxygen atoms in total. The molecule has 3 fully saturated rings. The molecule has 6 atom stereocenters. The van der Waals surface area contributed by atoms with Gasteiger partial charge in [-0.15, -0.1) is 0 Å². The first-order valence-electron chi connectivity index (χ1n) is 20.3. The second kappa shape index (κ2) is 15.7. The van der Waals surface area contributed by atoms with Gasteiger partial charge < -0.3 is 14.9 Å². The molecule has 5 aromatic rings. The van der Waals surface area contributed by atoms with E-state index >= 15 is 0 Å². The van der Waals surface area contributed by atoms with Crippen molar-refractivity contribution in [1.82, 2.24) is 0 Å². The molecule has 0 aromatic heterocycles. The topological polar surface area (TPSA) is 151 Å². The van der Waals surface area contributed by atoms with Gasteiger partial charge in [0.05, 0.1) is 57.8 Å². The quantitative estimate of drug-likeness (QED) is 0.0885. The summed E-state index contributed by atoms with van der Waals surface area (Å²) < 4.78 is 0. The number of nitrogens with zero attached hydrogens (tertiary/aromatic N) is 8. The third-order valence-corrected chi connectivity index (χ3v) is 12.4. The number of anilines is 4. The molecule has 4 aliphatic rings. The number of benzene rings is 5. The number of rotatable bonds is 9. The number of aromatic hydroxyl groups is 1. The summed E-state index contributed by atoms with van der Waals surface area (Å²) in [5, 5.41) is 28.0. The van der Waals surface area contributed by atoms with Crippen molar-refractivity contribution in [3.8, 4) is 5.75 Å². The number of carbonyl (C=O) groups is 4. The van der Waals surface area contributed by atoms with Gasteiger partial charge in [-0.2, -0.15) is 20.5 Å². The summed E-state index contributed by atoms with van der Waals surface area (Å²) in [6.07, 6.45) is 2.54. The number of phenols is 1. The van der Waals surface area contributed by atoms with Crippen LogP contribution in [0, 0.1) is 29.6 Å². The molecule has 5 aromatic carbocycles. The van der Waals surface area contributed by atoms with Gasteiger partial charge >= 0.3 is 0 Å². The van der Waals surface area contributed by atoms with Gasteiger partial charge in [-0.3, -0.25) is 29.0 Å². The van der Waals surface area contributed by atoms with E-state index in [4.69, 9.17) is 0 Å². The summed E-state index contributed by atoms with van der Waals surface area (Å²) >= 11 is 0. The molecular weight excluding hydrogens is 769 g/mol. The van der Waals surface area contributed by atoms with Crippen LogP contribution in [0.3, 0.4) is 0 Å². The molecule has 13 heteroatoms. The first-order chi connectivity index (χ1) is 29.5. The largest absolute Gasteiger partial charge is 0.508 e. The number of amides is 4. The van der Waals surface area contributed by atoms with Crippen LogP contribution in [0.2, 0.25) is 0 Å². The van der Waals surface area contributed by atoms with Gasteiger partial charge in [-0.1, -0.05) is 23.8 Å². The highest BCUT2D eigenvalue weighted by Crippen LogP contribution is 2.58. The van der Waals surface area contributed by atoms with E-state index in [1.54, 1.807) is 66.7 Å². The van der Waals surface area contributed by atoms with Gasteiger partial charge in [0.1, 0.15) is 5.75 Å². The molecule has 2 aliphatic heterocycles. The van der Waals surface area contributed by atoms with E-state index in [0.717, 1.165) is 16.9 Å². The Labute approximate surface area is 353 Å². The molecule has 61 heavy (non-hydrogen) atoms. The van der Waals surface area contributed by atoms with Gasteiger partial charge in [0.15, 0.2) is 0 Å². The predicted molar refractivity (Wildman–Crippen MR) is 233 cm³/mol. The lowest BCUT2D eigenvalue weighted by atomic mass is 9.57. The fourth-order valence-electron chi connectivity index (χ4n) is 9.39. The molecule has 4 amide bonds. The lowest BCUT2D eigenvalue weighted by molar-refractivity contribution is -0.126. The number of phenolic OH excluding ortho intramolecular Hbond substituents is 1. The van der Waals surface area contributed by atoms with E-state index < -0.39 is 35.5 Å². The summed E-state index contributed by atoms with van der Waals surface area (Å²) in [5.74, 6) is -5.25. The zero-order chi connectivity index (χ0) is 42.5. The molecular formula is C48H44N8O5. The number of hydrogen-bond donors (Lipinski definition) is 1. The highest BCUT2D eigenvalue weighted by molar-refractivity contribution is 6.24. The van der Waals surface area contributed by atoms with Gasteiger partial charge in [0.25, 0.3) is 0 Å². The molecule has 0 radical (unpaired) electrons. The van der Waals surface area contributed by atoms with Crippen LogP contribution in [-0.2, 0) is 19.2 Å². The standard InChI is InChI=1S/C48H44N8O5/c1-53(2)33-16-8-29(9-17-33)49-51-31-12-20-35(21-13-31)55-45(58)39-25-24-38-40(43(39)47(55)60)27-41-44(42(38)28-6-5-7-37(57)26-28)48(61)56(46(41)59)36-22-14-32(15-23-36)52-50-30-10-18-34(19-11-30)54(3)4/h5-24,26,39-44,57H,25,27H2,1-4H3. The highest BCUT2D eigenvalue weighted by Gasteiger charge is 2.62. The maximum Gasteiger partial charge on any atom is 0.238 e. The second-order valence-electron chi connectivity index (χ2n) is 16.4. The van der Waals surface area contributed by atoms with Crippen molar-refractivity contribution in [3.63, 3.8) is 0 Å². The fraction of sp³-hybridized carbons (Fsp3) is 0.250. The van der Waals surface area contributed by atoms with Crippen molar-refractivity contribution in [2.75, 3.05) is 47.8 Å². The lowest BCUT2D eigenvalue weighted by Gasteiger charge is -2.44. The van der Waals surface area contributed by atoms with Crippen molar-refractivity contribution in [3.05, 3.63) is 139 Å². The first-order valence-corrected chi connectivity index (χ1v) is 20.3. The van der Waals surface area contributed by atoms with Crippen LogP contribution in [0.4, 0.5) is 45.5 Å². The van der Waals surface area contributed by atoms with E-state index in [0.29, 0.717) is 46.1 Å². The zero-order valence-electron chi connectivity index (χ0n) is 34.2. The summed E-state index contributed by atoms with van der Waals surface area (Å²) in [6, 6.07) is 35.7. The van der Waals surface area contributed by atoms with Crippen LogP contribution in [0.1, 0.15) is 24.3 Å². The van der Waals surface area contributed by atoms with Crippen LogP contribution >= 0.6 is 0 Å². The molecule has 2 saturated heterocycles. The normalized spacial score (nSPS) is 23.4. The van der Waals surface area contributed by atoms with E-state index in [2.05, 4.69) is 20.5 Å². The van der Waals surface area contributed by atoms with E-state index in [-0.39, 0.29) is 35.8 Å². The van der Waals surface area contributed by atoms with E-state index in [9.17, 15) is 24.3 Å². The molecule has 306 valence electrons. The monoisotopic (exact) mass is 812 g/mol. The Morgan fingerprint density at radius 2 is 0.967 bits per heavy atom. The Morgan fingerprint density at radius 3 is 1.43 bits per heavy atom. The number of azo groups is 2. The smallest absolute Gasteiger partial charge is 0.238 e. The first kappa shape index (κ1) is 39.2. The Bertz CT molecular complexity index is 2620. The minimum absolute atomic E-state index is 0.0287. The molecule has 1 saturated carbocycles. The van der Waals surface area contributed by atoms with Crippen molar-refractivity contribution in [2.24, 2.45) is 50.0 Å². The van der Waals surface area contributed by atoms with Crippen molar-refractivity contribution in [2.45, 2.75) is 18.8 Å². The van der Waals surface area contributed by atoms with E-state index in [1.165, 1.54) is 9.80 Å². The van der Waals surface area contributed by atoms with Crippen LogP contribution in [0.25, 0.3) is 0 Å². The molecule has 2 heterocycles. The zero-order valence-corrected chi connectivity index (χ0v) is 34.2. The molecule has 0 spiro atoms. The van der Waals surface area contributed by atoms with Crippen LogP contribution in [0.5, 0.6) is 5.75 Å². The average Bonchev–Trinajstić information content (AvgIpc) is 3.68. The minimum atomic E-state index is -0.770. The third kappa shape index (κ3) is 7.15. The highest BCUT2D eigenvalue weighted by atomic mass is 16.3. The molecule has 6 unspecified atom stereocenters. The van der Waals surface area contributed by atoms with Crippen molar-refractivity contribution < 1.29 is 24.3 Å². The number of imide groups is 2. The summed E-state index contributed by atoms with van der Waals surface area (Å²) in [4.78, 5) is 64.2. The number of hydrogen-bond acceptors (Lipinski definition) is 11. The van der Waals surface area contributed by atoms with E-state index in [1.807, 2.05) is 98.7 Å². The summed E-state index contributed by atoms with van der Waals surface area (Å²) in [5.41, 5.74) is 6.94. The average molecular weight is 813 g/mol. The molecule has 1 N–H and O–H groups in total. The van der Waals surface area contributed by atoms with Crippen molar-refractivity contribution >= 4 is 69.1 Å². The second-order valence-corrected chi connectivity index (χ2v) is 16.4. The number of fused-ring (bicyclic) bond motifs is 4. The van der Waals surface area contributed by atoms with Crippen LogP contribution < -0.4 is 19.6 Å². The van der Waals surface area contributed by atoms with Gasteiger partial charge in [-0.05, 0) is 134 Å². The van der Waals surface area contributed by atoms with Crippen LogP contribution in [0.15, 0.2) is 153 Å². The molecule has 9 rings (SSSR count). The number of carbonyl (C=O) groups excluding carboxylic acids is 4. The SMILES string of the molecule is CN(C)c1ccc(N=Nc2ccc(N3C(=O)C4CC=C5C(CC6C(=O)N(c7ccc(N=Nc8ccc(N(C)C)cc8)cc7)C(=O)C6C5c5cccc(O)c5)C4C3=O)cc2)cc1. The summed E-state index contributed by atoms with van der Waals surface area (Å²) in [7, 11) is 7.86. The number of allylic oxidation sites excluding steroid dienone is 2. The fourth-order valence-corrected chi connectivity index (χ4v) is 9.39. The van der Waals surface area contributed by atoms with Crippen LogP contribution in [-0.4, -0.2) is 56.9 Å². The lowest BCUT2D eigenvalue weighted by Crippen LogP contribution is -2.43. The Hall–Kier alpha value is -7.28.